The molecule has 1 aliphatic rings. The molecule has 4 aromatic rings. The van der Waals surface area contributed by atoms with E-state index >= 15 is 0 Å². The summed E-state index contributed by atoms with van der Waals surface area (Å²) in [5.74, 6) is -0.579. The van der Waals surface area contributed by atoms with Gasteiger partial charge in [0.1, 0.15) is 0 Å². The van der Waals surface area contributed by atoms with Crippen LogP contribution in [0.2, 0.25) is 0 Å². The summed E-state index contributed by atoms with van der Waals surface area (Å²) >= 11 is 0. The minimum atomic E-state index is -3.48. The summed E-state index contributed by atoms with van der Waals surface area (Å²) in [5, 5.41) is 9.04. The van der Waals surface area contributed by atoms with Crippen molar-refractivity contribution in [2.24, 2.45) is 0 Å². The molecular weight excluding hydrogens is 502 g/mol. The highest BCUT2D eigenvalue weighted by Gasteiger charge is 2.21. The number of hydrogen-bond acceptors (Lipinski definition) is 6. The molecule has 9 nitrogen and oxygen atoms in total. The van der Waals surface area contributed by atoms with Crippen LogP contribution >= 0.6 is 0 Å². The SMILES string of the molecule is CS(=O)(=O)Nc1ccccc1-c1ccc2c(c1)Nc1ccc(C(=O)NCCc3ccccn3)cc1NC2=O. The second kappa shape index (κ2) is 10.3. The summed E-state index contributed by atoms with van der Waals surface area (Å²) in [5.41, 5.74) is 5.21. The Labute approximate surface area is 220 Å². The van der Waals surface area contributed by atoms with E-state index in [9.17, 15) is 18.0 Å². The predicted molar refractivity (Wildman–Crippen MR) is 148 cm³/mol. The normalized spacial score (nSPS) is 12.3. The summed E-state index contributed by atoms with van der Waals surface area (Å²) in [6, 6.07) is 23.0. The molecule has 10 heteroatoms. The number of sulfonamides is 1. The number of carbonyl (C=O) groups is 2. The van der Waals surface area contributed by atoms with Gasteiger partial charge in [0, 0.05) is 36.0 Å². The predicted octanol–water partition coefficient (Wildman–Crippen LogP) is 4.40. The van der Waals surface area contributed by atoms with Crippen LogP contribution in [0.25, 0.3) is 11.1 Å². The van der Waals surface area contributed by atoms with Crippen molar-refractivity contribution in [2.45, 2.75) is 6.42 Å². The largest absolute Gasteiger partial charge is 0.353 e. The van der Waals surface area contributed by atoms with E-state index in [4.69, 9.17) is 0 Å². The maximum Gasteiger partial charge on any atom is 0.257 e. The van der Waals surface area contributed by atoms with Gasteiger partial charge in [0.05, 0.1) is 34.6 Å². The molecule has 0 aliphatic carbocycles. The van der Waals surface area contributed by atoms with Crippen LogP contribution in [-0.2, 0) is 16.4 Å². The molecule has 0 bridgehead atoms. The van der Waals surface area contributed by atoms with Crippen molar-refractivity contribution in [3.8, 4) is 11.1 Å². The molecule has 38 heavy (non-hydrogen) atoms. The number of nitrogens with one attached hydrogen (secondary N) is 4. The fraction of sp³-hybridized carbons (Fsp3) is 0.107. The number of nitrogens with zero attached hydrogens (tertiary/aromatic N) is 1. The first-order valence-corrected chi connectivity index (χ1v) is 13.8. The van der Waals surface area contributed by atoms with Crippen LogP contribution < -0.4 is 20.7 Å². The number of pyridine rings is 1. The van der Waals surface area contributed by atoms with E-state index < -0.39 is 10.0 Å². The average Bonchev–Trinajstić information content (AvgIpc) is 3.03. The third kappa shape index (κ3) is 5.65. The number of para-hydroxylation sites is 1. The van der Waals surface area contributed by atoms with Crippen LogP contribution in [0.15, 0.2) is 85.1 Å². The first kappa shape index (κ1) is 25.0. The maximum atomic E-state index is 13.0. The zero-order valence-corrected chi connectivity index (χ0v) is 21.3. The van der Waals surface area contributed by atoms with Crippen LogP contribution in [0.4, 0.5) is 22.7 Å². The number of aromatic nitrogens is 1. The summed E-state index contributed by atoms with van der Waals surface area (Å²) < 4.78 is 26.2. The zero-order valence-electron chi connectivity index (χ0n) is 20.5. The number of benzene rings is 3. The number of anilines is 4. The van der Waals surface area contributed by atoms with Crippen LogP contribution in [0, 0.1) is 0 Å². The van der Waals surface area contributed by atoms with E-state index in [2.05, 4.69) is 25.7 Å². The van der Waals surface area contributed by atoms with Gasteiger partial charge in [0.25, 0.3) is 11.8 Å². The van der Waals surface area contributed by atoms with E-state index in [0.717, 1.165) is 17.5 Å². The van der Waals surface area contributed by atoms with Gasteiger partial charge in [-0.2, -0.15) is 0 Å². The Kier molecular flexibility index (Phi) is 6.80. The lowest BCUT2D eigenvalue weighted by molar-refractivity contribution is 0.0952. The molecule has 0 saturated heterocycles. The minimum Gasteiger partial charge on any atom is -0.353 e. The number of hydrogen-bond donors (Lipinski definition) is 4. The second-order valence-corrected chi connectivity index (χ2v) is 10.6. The minimum absolute atomic E-state index is 0.253. The maximum absolute atomic E-state index is 13.0. The van der Waals surface area contributed by atoms with E-state index in [0.29, 0.717) is 52.4 Å². The third-order valence-corrected chi connectivity index (χ3v) is 6.58. The lowest BCUT2D eigenvalue weighted by Gasteiger charge is -2.14. The Balaban J connectivity index is 1.37. The number of carbonyl (C=O) groups excluding carboxylic acids is 2. The number of fused-ring (bicyclic) bond motifs is 2. The molecule has 0 saturated carbocycles. The van der Waals surface area contributed by atoms with Crippen molar-refractivity contribution in [1.82, 2.24) is 10.3 Å². The van der Waals surface area contributed by atoms with E-state index in [-0.39, 0.29) is 11.8 Å². The fourth-order valence-corrected chi connectivity index (χ4v) is 4.80. The van der Waals surface area contributed by atoms with Crippen molar-refractivity contribution < 1.29 is 18.0 Å². The van der Waals surface area contributed by atoms with Gasteiger partial charge >= 0.3 is 0 Å². The van der Waals surface area contributed by atoms with Crippen LogP contribution in [0.1, 0.15) is 26.4 Å². The van der Waals surface area contributed by atoms with E-state index in [1.54, 1.807) is 60.8 Å². The molecule has 0 radical (unpaired) electrons. The molecule has 5 rings (SSSR count). The van der Waals surface area contributed by atoms with Crippen LogP contribution in [0.3, 0.4) is 0 Å². The zero-order chi connectivity index (χ0) is 26.7. The van der Waals surface area contributed by atoms with E-state index in [1.807, 2.05) is 24.3 Å². The summed E-state index contributed by atoms with van der Waals surface area (Å²) in [6.07, 6.45) is 3.42. The Hall–Kier alpha value is -4.70. The number of rotatable bonds is 7. The molecule has 0 unspecified atom stereocenters. The van der Waals surface area contributed by atoms with Gasteiger partial charge in [0.15, 0.2) is 0 Å². The molecule has 0 spiro atoms. The third-order valence-electron chi connectivity index (χ3n) is 5.99. The van der Waals surface area contributed by atoms with Gasteiger partial charge in [0.2, 0.25) is 10.0 Å². The Bertz CT molecular complexity index is 1640. The molecule has 0 atom stereocenters. The van der Waals surface area contributed by atoms with Gasteiger partial charge < -0.3 is 16.0 Å². The van der Waals surface area contributed by atoms with Gasteiger partial charge in [-0.25, -0.2) is 8.42 Å². The lowest BCUT2D eigenvalue weighted by atomic mass is 10.0. The molecule has 1 aliphatic heterocycles. The van der Waals surface area contributed by atoms with Crippen LogP contribution in [0.5, 0.6) is 0 Å². The van der Waals surface area contributed by atoms with E-state index in [1.165, 1.54) is 0 Å². The van der Waals surface area contributed by atoms with Gasteiger partial charge in [-0.3, -0.25) is 19.3 Å². The van der Waals surface area contributed by atoms with Crippen molar-refractivity contribution in [3.63, 3.8) is 0 Å². The van der Waals surface area contributed by atoms with Gasteiger partial charge in [-0.1, -0.05) is 30.3 Å². The standard InChI is InChI=1S/C28H25N5O4S/c1-38(36,37)33-23-8-3-2-7-21(23)18-9-11-22-25(16-18)31-24-12-10-19(17-26(24)32-28(22)35)27(34)30-15-13-20-6-4-5-14-29-20/h2-12,14,16-17,31,33H,13,15H2,1H3,(H,30,34)(H,32,35). The average molecular weight is 528 g/mol. The highest BCUT2D eigenvalue weighted by Crippen LogP contribution is 2.37. The molecule has 192 valence electrons. The molecule has 3 aromatic carbocycles. The summed E-state index contributed by atoms with van der Waals surface area (Å²) in [7, 11) is -3.48. The van der Waals surface area contributed by atoms with Crippen molar-refractivity contribution >= 4 is 44.6 Å². The molecule has 4 N–H and O–H groups in total. The monoisotopic (exact) mass is 527 g/mol. The highest BCUT2D eigenvalue weighted by atomic mass is 32.2. The Morgan fingerprint density at radius 3 is 2.47 bits per heavy atom. The van der Waals surface area contributed by atoms with Crippen molar-refractivity contribution in [1.29, 1.82) is 0 Å². The Morgan fingerprint density at radius 1 is 0.868 bits per heavy atom. The summed E-state index contributed by atoms with van der Waals surface area (Å²) in [4.78, 5) is 30.0. The lowest BCUT2D eigenvalue weighted by Crippen LogP contribution is -2.26. The van der Waals surface area contributed by atoms with Gasteiger partial charge in [-0.05, 0) is 54.1 Å². The van der Waals surface area contributed by atoms with Crippen LogP contribution in [-0.4, -0.2) is 38.0 Å². The molecular formula is C28H25N5O4S. The summed E-state index contributed by atoms with van der Waals surface area (Å²) in [6.45, 7) is 0.432. The topological polar surface area (TPSA) is 129 Å². The fourth-order valence-electron chi connectivity index (χ4n) is 4.22. The number of amides is 2. The van der Waals surface area contributed by atoms with Gasteiger partial charge in [-0.15, -0.1) is 0 Å². The second-order valence-electron chi connectivity index (χ2n) is 8.85. The smallest absolute Gasteiger partial charge is 0.257 e. The molecule has 1 aromatic heterocycles. The first-order valence-electron chi connectivity index (χ1n) is 11.9. The molecule has 2 amide bonds. The molecule has 0 fully saturated rings. The van der Waals surface area contributed by atoms with Crippen molar-refractivity contribution in [2.75, 3.05) is 28.2 Å². The quantitative estimate of drug-likeness (QED) is 0.282. The first-order chi connectivity index (χ1) is 18.3. The molecule has 2 heterocycles. The highest BCUT2D eigenvalue weighted by molar-refractivity contribution is 7.92. The Morgan fingerprint density at radius 2 is 1.68 bits per heavy atom. The van der Waals surface area contributed by atoms with Crippen molar-refractivity contribution in [3.05, 3.63) is 102 Å².